The van der Waals surface area contributed by atoms with Crippen molar-refractivity contribution in [2.45, 2.75) is 0 Å². The number of carbonyl (C=O) groups excluding carboxylic acids is 2. The molecule has 3 heterocycles. The van der Waals surface area contributed by atoms with Gasteiger partial charge in [-0.3, -0.25) is 14.6 Å². The van der Waals surface area contributed by atoms with Crippen molar-refractivity contribution in [2.75, 3.05) is 26.2 Å². The number of hydrogen-bond donors (Lipinski definition) is 0. The molecule has 2 amide bonds. The van der Waals surface area contributed by atoms with E-state index in [9.17, 15) is 9.59 Å². The molecule has 0 atom stereocenters. The van der Waals surface area contributed by atoms with Crippen LogP contribution in [0.15, 0.2) is 61.2 Å². The van der Waals surface area contributed by atoms with Crippen molar-refractivity contribution >= 4 is 11.8 Å². The number of amides is 2. The Bertz CT molecular complexity index is 933. The summed E-state index contributed by atoms with van der Waals surface area (Å²) in [6.45, 7) is 1.84. The Morgan fingerprint density at radius 3 is 2.11 bits per heavy atom. The van der Waals surface area contributed by atoms with Crippen LogP contribution in [-0.2, 0) is 0 Å². The van der Waals surface area contributed by atoms with Gasteiger partial charge in [-0.05, 0) is 18.2 Å². The Balaban J connectivity index is 1.39. The molecule has 1 aliphatic heterocycles. The minimum atomic E-state index is -0.163. The first kappa shape index (κ1) is 16.9. The van der Waals surface area contributed by atoms with Crippen LogP contribution in [0.4, 0.5) is 0 Å². The zero-order valence-electron chi connectivity index (χ0n) is 14.6. The van der Waals surface area contributed by atoms with E-state index in [1.807, 2.05) is 30.3 Å². The SMILES string of the molecule is O=C(c1cnccn1)N1CCN(C(=O)c2ccn(-c3ccccc3)n2)CC1. The van der Waals surface area contributed by atoms with E-state index in [0.717, 1.165) is 5.69 Å². The lowest BCUT2D eigenvalue weighted by atomic mass is 10.2. The van der Waals surface area contributed by atoms with Crippen LogP contribution >= 0.6 is 0 Å². The molecule has 4 rings (SSSR count). The quantitative estimate of drug-likeness (QED) is 0.700. The first-order chi connectivity index (χ1) is 13.2. The Morgan fingerprint density at radius 2 is 1.48 bits per heavy atom. The van der Waals surface area contributed by atoms with E-state index in [4.69, 9.17) is 0 Å². The van der Waals surface area contributed by atoms with Gasteiger partial charge >= 0.3 is 0 Å². The van der Waals surface area contributed by atoms with Crippen molar-refractivity contribution in [2.24, 2.45) is 0 Å². The van der Waals surface area contributed by atoms with Crippen LogP contribution in [0.5, 0.6) is 0 Å². The minimum absolute atomic E-state index is 0.128. The molecular weight excluding hydrogens is 344 g/mol. The highest BCUT2D eigenvalue weighted by molar-refractivity contribution is 5.94. The van der Waals surface area contributed by atoms with Crippen LogP contribution in [0.3, 0.4) is 0 Å². The Labute approximate surface area is 156 Å². The highest BCUT2D eigenvalue weighted by atomic mass is 16.2. The number of benzene rings is 1. The molecule has 8 heteroatoms. The predicted molar refractivity (Wildman–Crippen MR) is 97.4 cm³/mol. The highest BCUT2D eigenvalue weighted by Gasteiger charge is 2.27. The average Bonchev–Trinajstić information content (AvgIpc) is 3.24. The first-order valence-corrected chi connectivity index (χ1v) is 8.68. The fraction of sp³-hybridized carbons (Fsp3) is 0.211. The molecule has 1 saturated heterocycles. The summed E-state index contributed by atoms with van der Waals surface area (Å²) in [7, 11) is 0. The fourth-order valence-corrected chi connectivity index (χ4v) is 3.01. The van der Waals surface area contributed by atoms with Crippen molar-refractivity contribution in [3.63, 3.8) is 0 Å². The fourth-order valence-electron chi connectivity index (χ4n) is 3.01. The molecule has 1 fully saturated rings. The molecule has 3 aromatic rings. The van der Waals surface area contributed by atoms with Crippen molar-refractivity contribution in [3.8, 4) is 5.69 Å². The minimum Gasteiger partial charge on any atom is -0.334 e. The normalized spacial score (nSPS) is 14.2. The first-order valence-electron chi connectivity index (χ1n) is 8.68. The van der Waals surface area contributed by atoms with Gasteiger partial charge in [-0.1, -0.05) is 18.2 Å². The third-order valence-corrected chi connectivity index (χ3v) is 4.47. The van der Waals surface area contributed by atoms with Gasteiger partial charge < -0.3 is 9.80 Å². The maximum atomic E-state index is 12.7. The molecule has 0 spiro atoms. The Morgan fingerprint density at radius 1 is 0.815 bits per heavy atom. The van der Waals surface area contributed by atoms with Gasteiger partial charge in [0.2, 0.25) is 0 Å². The number of carbonyl (C=O) groups is 2. The third kappa shape index (κ3) is 3.55. The largest absolute Gasteiger partial charge is 0.334 e. The molecule has 0 bridgehead atoms. The van der Waals surface area contributed by atoms with Crippen molar-refractivity contribution in [3.05, 3.63) is 72.6 Å². The number of hydrogen-bond acceptors (Lipinski definition) is 5. The lowest BCUT2D eigenvalue weighted by molar-refractivity contribution is 0.0528. The van der Waals surface area contributed by atoms with Crippen molar-refractivity contribution in [1.82, 2.24) is 29.5 Å². The van der Waals surface area contributed by atoms with E-state index in [1.165, 1.54) is 18.6 Å². The van der Waals surface area contributed by atoms with Gasteiger partial charge in [0.1, 0.15) is 5.69 Å². The second-order valence-corrected chi connectivity index (χ2v) is 6.16. The van der Waals surface area contributed by atoms with Crippen LogP contribution in [0.25, 0.3) is 5.69 Å². The van der Waals surface area contributed by atoms with E-state index < -0.39 is 0 Å². The monoisotopic (exact) mass is 362 g/mol. The summed E-state index contributed by atoms with van der Waals surface area (Å²) in [6, 6.07) is 11.3. The number of aromatic nitrogens is 4. The molecule has 0 saturated carbocycles. The molecule has 136 valence electrons. The summed E-state index contributed by atoms with van der Waals surface area (Å²) in [5.74, 6) is -0.292. The molecule has 8 nitrogen and oxygen atoms in total. The third-order valence-electron chi connectivity index (χ3n) is 4.47. The molecule has 0 unspecified atom stereocenters. The van der Waals surface area contributed by atoms with Gasteiger partial charge in [0.15, 0.2) is 5.69 Å². The summed E-state index contributed by atoms with van der Waals surface area (Å²) in [4.78, 5) is 36.5. The summed E-state index contributed by atoms with van der Waals surface area (Å²) in [5.41, 5.74) is 1.61. The number of nitrogens with zero attached hydrogens (tertiary/aromatic N) is 6. The van der Waals surface area contributed by atoms with Crippen LogP contribution in [0.2, 0.25) is 0 Å². The molecule has 0 aliphatic carbocycles. The summed E-state index contributed by atoms with van der Waals surface area (Å²) in [6.07, 6.45) is 6.25. The molecule has 27 heavy (non-hydrogen) atoms. The average molecular weight is 362 g/mol. The summed E-state index contributed by atoms with van der Waals surface area (Å²) >= 11 is 0. The summed E-state index contributed by atoms with van der Waals surface area (Å²) in [5, 5.41) is 4.38. The lowest BCUT2D eigenvalue weighted by Gasteiger charge is -2.34. The van der Waals surface area contributed by atoms with Crippen molar-refractivity contribution in [1.29, 1.82) is 0 Å². The van der Waals surface area contributed by atoms with E-state index in [0.29, 0.717) is 37.6 Å². The molecule has 1 aromatic carbocycles. The zero-order valence-corrected chi connectivity index (χ0v) is 14.6. The topological polar surface area (TPSA) is 84.2 Å². The van der Waals surface area contributed by atoms with Crippen molar-refractivity contribution < 1.29 is 9.59 Å². The Hall–Kier alpha value is -3.55. The van der Waals surface area contributed by atoms with E-state index in [2.05, 4.69) is 15.1 Å². The number of rotatable bonds is 3. The number of para-hydroxylation sites is 1. The van der Waals surface area contributed by atoms with Crippen LogP contribution in [-0.4, -0.2) is 67.5 Å². The standard InChI is InChI=1S/C19H18N6O2/c26-18(16-6-9-25(22-16)15-4-2-1-3-5-15)23-10-12-24(13-11-23)19(27)17-14-20-7-8-21-17/h1-9,14H,10-13H2. The van der Waals surface area contributed by atoms with E-state index in [-0.39, 0.29) is 11.8 Å². The zero-order chi connectivity index (χ0) is 18.6. The number of piperazine rings is 1. The van der Waals surface area contributed by atoms with Crippen LogP contribution in [0, 0.1) is 0 Å². The smallest absolute Gasteiger partial charge is 0.274 e. The van der Waals surface area contributed by atoms with E-state index >= 15 is 0 Å². The predicted octanol–water partition coefficient (Wildman–Crippen LogP) is 1.26. The maximum Gasteiger partial charge on any atom is 0.274 e. The lowest BCUT2D eigenvalue weighted by Crippen LogP contribution is -2.50. The summed E-state index contributed by atoms with van der Waals surface area (Å²) < 4.78 is 1.68. The van der Waals surface area contributed by atoms with Gasteiger partial charge in [-0.15, -0.1) is 0 Å². The molecule has 2 aromatic heterocycles. The van der Waals surface area contributed by atoms with Gasteiger partial charge in [0.25, 0.3) is 11.8 Å². The van der Waals surface area contributed by atoms with Gasteiger partial charge in [0, 0.05) is 44.8 Å². The molecular formula is C19H18N6O2. The highest BCUT2D eigenvalue weighted by Crippen LogP contribution is 2.12. The molecule has 0 N–H and O–H groups in total. The molecule has 1 aliphatic rings. The molecule has 0 radical (unpaired) electrons. The van der Waals surface area contributed by atoms with Gasteiger partial charge in [-0.25, -0.2) is 9.67 Å². The van der Waals surface area contributed by atoms with Gasteiger partial charge in [-0.2, -0.15) is 5.10 Å². The second kappa shape index (κ2) is 7.36. The van der Waals surface area contributed by atoms with Gasteiger partial charge in [0.05, 0.1) is 11.9 Å². The van der Waals surface area contributed by atoms with Crippen LogP contribution < -0.4 is 0 Å². The maximum absolute atomic E-state index is 12.7. The Kier molecular flexibility index (Phi) is 4.61. The van der Waals surface area contributed by atoms with E-state index in [1.54, 1.807) is 26.7 Å². The van der Waals surface area contributed by atoms with Crippen LogP contribution in [0.1, 0.15) is 21.0 Å². The second-order valence-electron chi connectivity index (χ2n) is 6.16.